The molecular weight excluding hydrogens is 136 g/mol. The van der Waals surface area contributed by atoms with Crippen LogP contribution in [0.2, 0.25) is 0 Å². The highest BCUT2D eigenvalue weighted by molar-refractivity contribution is 5.53. The molecule has 1 aliphatic carbocycles. The molecule has 1 rings (SSSR count). The Morgan fingerprint density at radius 1 is 1.73 bits per heavy atom. The molecule has 0 bridgehead atoms. The first-order valence-electron chi connectivity index (χ1n) is 4.35. The summed E-state index contributed by atoms with van der Waals surface area (Å²) in [6.07, 6.45) is 6.84. The Kier molecular flexibility index (Phi) is 2.86. The molecule has 0 aliphatic heterocycles. The summed E-state index contributed by atoms with van der Waals surface area (Å²) in [6, 6.07) is 0. The number of hydrogen-bond acceptors (Lipinski definition) is 1. The second kappa shape index (κ2) is 3.70. The van der Waals surface area contributed by atoms with Gasteiger partial charge in [0.2, 0.25) is 0 Å². The van der Waals surface area contributed by atoms with Crippen molar-refractivity contribution in [1.29, 1.82) is 0 Å². The van der Waals surface area contributed by atoms with Crippen LogP contribution in [0, 0.1) is 11.8 Å². The van der Waals surface area contributed by atoms with Crippen LogP contribution in [0.25, 0.3) is 0 Å². The van der Waals surface area contributed by atoms with E-state index in [0.717, 1.165) is 12.7 Å². The van der Waals surface area contributed by atoms with Crippen molar-refractivity contribution in [2.24, 2.45) is 11.8 Å². The van der Waals surface area contributed by atoms with E-state index in [0.29, 0.717) is 5.92 Å². The van der Waals surface area contributed by atoms with Gasteiger partial charge in [0, 0.05) is 5.92 Å². The van der Waals surface area contributed by atoms with E-state index in [1.165, 1.54) is 18.4 Å². The molecule has 0 radical (unpaired) electrons. The molecule has 1 unspecified atom stereocenters. The maximum Gasteiger partial charge on any atom is 0.123 e. The monoisotopic (exact) mass is 152 g/mol. The summed E-state index contributed by atoms with van der Waals surface area (Å²) < 4.78 is 0. The molecule has 0 saturated heterocycles. The number of allylic oxidation sites excluding steroid dienone is 2. The minimum atomic E-state index is 0.249. The van der Waals surface area contributed by atoms with Gasteiger partial charge >= 0.3 is 0 Å². The fraction of sp³-hybridized carbons (Fsp3) is 0.700. The molecule has 0 saturated carbocycles. The van der Waals surface area contributed by atoms with Gasteiger partial charge in [0.05, 0.1) is 0 Å². The fourth-order valence-electron chi connectivity index (χ4n) is 1.57. The zero-order valence-electron chi connectivity index (χ0n) is 7.34. The minimum Gasteiger partial charge on any atom is -0.303 e. The molecule has 0 aromatic heterocycles. The van der Waals surface area contributed by atoms with Crippen molar-refractivity contribution in [2.45, 2.75) is 33.1 Å². The van der Waals surface area contributed by atoms with Gasteiger partial charge in [-0.3, -0.25) is 0 Å². The fourth-order valence-corrected chi connectivity index (χ4v) is 1.57. The van der Waals surface area contributed by atoms with Gasteiger partial charge in [-0.25, -0.2) is 0 Å². The van der Waals surface area contributed by atoms with Crippen LogP contribution in [-0.2, 0) is 4.79 Å². The van der Waals surface area contributed by atoms with Crippen molar-refractivity contribution < 1.29 is 4.79 Å². The lowest BCUT2D eigenvalue weighted by Crippen LogP contribution is -2.15. The molecule has 0 aromatic carbocycles. The van der Waals surface area contributed by atoms with Crippen molar-refractivity contribution >= 4 is 6.29 Å². The quantitative estimate of drug-likeness (QED) is 0.439. The first-order valence-corrected chi connectivity index (χ1v) is 4.35. The Morgan fingerprint density at radius 2 is 2.45 bits per heavy atom. The predicted octanol–water partition coefficient (Wildman–Crippen LogP) is 2.57. The van der Waals surface area contributed by atoms with Crippen LogP contribution in [0.4, 0.5) is 0 Å². The third-order valence-electron chi connectivity index (χ3n) is 2.64. The molecule has 11 heavy (non-hydrogen) atoms. The highest BCUT2D eigenvalue weighted by atomic mass is 16.1. The van der Waals surface area contributed by atoms with E-state index < -0.39 is 0 Å². The lowest BCUT2D eigenvalue weighted by Gasteiger charge is -2.22. The van der Waals surface area contributed by atoms with Gasteiger partial charge in [-0.15, -0.1) is 0 Å². The van der Waals surface area contributed by atoms with Crippen molar-refractivity contribution in [3.05, 3.63) is 11.6 Å². The lowest BCUT2D eigenvalue weighted by atomic mass is 9.82. The Bertz CT molecular complexity index is 170. The molecule has 1 aliphatic rings. The molecule has 0 amide bonds. The minimum absolute atomic E-state index is 0.249. The summed E-state index contributed by atoms with van der Waals surface area (Å²) in [5, 5.41) is 0. The number of carbonyl (C=O) groups excluding carboxylic acids is 1. The van der Waals surface area contributed by atoms with Gasteiger partial charge in [0.15, 0.2) is 0 Å². The van der Waals surface area contributed by atoms with E-state index in [1.54, 1.807) is 0 Å². The van der Waals surface area contributed by atoms with Crippen LogP contribution in [0.3, 0.4) is 0 Å². The van der Waals surface area contributed by atoms with E-state index in [9.17, 15) is 4.79 Å². The highest BCUT2D eigenvalue weighted by Gasteiger charge is 2.18. The van der Waals surface area contributed by atoms with Gasteiger partial charge in [-0.2, -0.15) is 0 Å². The zero-order valence-corrected chi connectivity index (χ0v) is 7.34. The summed E-state index contributed by atoms with van der Waals surface area (Å²) in [5.74, 6) is 0.857. The molecular formula is C10H16O. The standard InChI is InChI=1S/C10H16O/c1-8-3-5-10(6-4-8)9(2)7-11/h3,7,9-10H,4-6H2,1-2H3/t9-,10?/m1/s1. The molecule has 62 valence electrons. The van der Waals surface area contributed by atoms with E-state index in [2.05, 4.69) is 13.0 Å². The van der Waals surface area contributed by atoms with Crippen LogP contribution in [0.1, 0.15) is 33.1 Å². The Morgan fingerprint density at radius 3 is 2.91 bits per heavy atom. The number of carbonyl (C=O) groups is 1. The van der Waals surface area contributed by atoms with Crippen molar-refractivity contribution in [1.82, 2.24) is 0 Å². The van der Waals surface area contributed by atoms with Crippen molar-refractivity contribution in [3.63, 3.8) is 0 Å². The van der Waals surface area contributed by atoms with E-state index in [1.807, 2.05) is 6.92 Å². The van der Waals surface area contributed by atoms with E-state index >= 15 is 0 Å². The molecule has 0 spiro atoms. The number of hydrogen-bond donors (Lipinski definition) is 0. The summed E-state index contributed by atoms with van der Waals surface area (Å²) in [4.78, 5) is 10.5. The predicted molar refractivity (Wildman–Crippen MR) is 46.3 cm³/mol. The molecule has 0 aromatic rings. The molecule has 0 heterocycles. The highest BCUT2D eigenvalue weighted by Crippen LogP contribution is 2.27. The normalized spacial score (nSPS) is 27.5. The smallest absolute Gasteiger partial charge is 0.123 e. The van der Waals surface area contributed by atoms with Crippen molar-refractivity contribution in [2.75, 3.05) is 0 Å². The van der Waals surface area contributed by atoms with E-state index in [4.69, 9.17) is 0 Å². The van der Waals surface area contributed by atoms with Crippen LogP contribution >= 0.6 is 0 Å². The third kappa shape index (κ3) is 2.18. The molecule has 0 fully saturated rings. The van der Waals surface area contributed by atoms with E-state index in [-0.39, 0.29) is 5.92 Å². The second-order valence-corrected chi connectivity index (χ2v) is 3.58. The van der Waals surface area contributed by atoms with Crippen molar-refractivity contribution in [3.8, 4) is 0 Å². The summed E-state index contributed by atoms with van der Waals surface area (Å²) >= 11 is 0. The second-order valence-electron chi connectivity index (χ2n) is 3.58. The molecule has 1 heteroatoms. The molecule has 2 atom stereocenters. The van der Waals surface area contributed by atoms with Gasteiger partial charge in [-0.1, -0.05) is 18.6 Å². The molecule has 0 N–H and O–H groups in total. The van der Waals surface area contributed by atoms with Crippen LogP contribution in [0.15, 0.2) is 11.6 Å². The lowest BCUT2D eigenvalue weighted by molar-refractivity contribution is -0.112. The van der Waals surface area contributed by atoms with Crippen LogP contribution < -0.4 is 0 Å². The van der Waals surface area contributed by atoms with Crippen LogP contribution in [-0.4, -0.2) is 6.29 Å². The number of rotatable bonds is 2. The van der Waals surface area contributed by atoms with Gasteiger partial charge in [-0.05, 0) is 32.1 Å². The van der Waals surface area contributed by atoms with Gasteiger partial charge < -0.3 is 4.79 Å². The summed E-state index contributed by atoms with van der Waals surface area (Å²) in [5.41, 5.74) is 1.49. The summed E-state index contributed by atoms with van der Waals surface area (Å²) in [7, 11) is 0. The largest absolute Gasteiger partial charge is 0.303 e. The zero-order chi connectivity index (χ0) is 8.27. The van der Waals surface area contributed by atoms with Gasteiger partial charge in [0.1, 0.15) is 6.29 Å². The maximum atomic E-state index is 10.5. The Labute approximate surface area is 68.5 Å². The van der Waals surface area contributed by atoms with Gasteiger partial charge in [0.25, 0.3) is 0 Å². The Hall–Kier alpha value is -0.590. The Balaban J connectivity index is 2.46. The van der Waals surface area contributed by atoms with Crippen LogP contribution in [0.5, 0.6) is 0 Å². The maximum absolute atomic E-state index is 10.5. The SMILES string of the molecule is CC1=CCC([C@H](C)C=O)CC1. The first kappa shape index (κ1) is 8.51. The molecule has 1 nitrogen and oxygen atoms in total. The average Bonchev–Trinajstić information content (AvgIpc) is 2.05. The first-order chi connectivity index (χ1) is 5.24. The summed E-state index contributed by atoms with van der Waals surface area (Å²) in [6.45, 7) is 4.19. The third-order valence-corrected chi connectivity index (χ3v) is 2.64. The topological polar surface area (TPSA) is 17.1 Å². The number of aldehydes is 1. The average molecular weight is 152 g/mol.